The van der Waals surface area contributed by atoms with Crippen molar-refractivity contribution in [2.24, 2.45) is 11.7 Å². The lowest BCUT2D eigenvalue weighted by atomic mass is 10.0. The summed E-state index contributed by atoms with van der Waals surface area (Å²) in [5.41, 5.74) is 7.55. The van der Waals surface area contributed by atoms with Crippen molar-refractivity contribution in [3.8, 4) is 0 Å². The normalized spacial score (nSPS) is 12.5. The van der Waals surface area contributed by atoms with Crippen LogP contribution in [-0.2, 0) is 0 Å². The molecular formula is C12H19N3O2. The fourth-order valence-electron chi connectivity index (χ4n) is 1.62. The number of non-ortho nitro benzene ring substituents is 1. The highest BCUT2D eigenvalue weighted by Crippen LogP contribution is 2.22. The molecule has 1 atom stereocenters. The highest BCUT2D eigenvalue weighted by Gasteiger charge is 2.13. The predicted octanol–water partition coefficient (Wildman–Crippen LogP) is 2.30. The number of benzene rings is 1. The molecule has 0 fully saturated rings. The lowest BCUT2D eigenvalue weighted by molar-refractivity contribution is -0.384. The van der Waals surface area contributed by atoms with Gasteiger partial charge in [-0.1, -0.05) is 13.8 Å². The van der Waals surface area contributed by atoms with Crippen LogP contribution in [-0.4, -0.2) is 17.5 Å². The average Bonchev–Trinajstić information content (AvgIpc) is 2.26. The van der Waals surface area contributed by atoms with E-state index in [0.717, 1.165) is 11.3 Å². The van der Waals surface area contributed by atoms with Crippen LogP contribution in [0.25, 0.3) is 0 Å². The van der Waals surface area contributed by atoms with Crippen LogP contribution in [0, 0.1) is 23.0 Å². The van der Waals surface area contributed by atoms with E-state index in [0.29, 0.717) is 12.5 Å². The van der Waals surface area contributed by atoms with Crippen molar-refractivity contribution in [1.29, 1.82) is 0 Å². The quantitative estimate of drug-likeness (QED) is 0.608. The smallest absolute Gasteiger partial charge is 0.269 e. The number of nitro benzene ring substituents is 1. The molecule has 0 radical (unpaired) electrons. The van der Waals surface area contributed by atoms with Crippen molar-refractivity contribution in [3.63, 3.8) is 0 Å². The Balaban J connectivity index is 2.89. The van der Waals surface area contributed by atoms with Gasteiger partial charge in [-0.2, -0.15) is 0 Å². The minimum atomic E-state index is -0.389. The van der Waals surface area contributed by atoms with Gasteiger partial charge in [0.05, 0.1) is 4.92 Å². The Bertz CT molecular complexity index is 405. The second-order valence-electron chi connectivity index (χ2n) is 4.49. The Hall–Kier alpha value is -1.62. The summed E-state index contributed by atoms with van der Waals surface area (Å²) in [6, 6.07) is 4.98. The first-order chi connectivity index (χ1) is 7.95. The minimum Gasteiger partial charge on any atom is -0.381 e. The summed E-state index contributed by atoms with van der Waals surface area (Å²) in [7, 11) is 0. The third-order valence-corrected chi connectivity index (χ3v) is 2.82. The van der Waals surface area contributed by atoms with Gasteiger partial charge in [0.15, 0.2) is 0 Å². The molecule has 0 saturated carbocycles. The highest BCUT2D eigenvalue weighted by molar-refractivity contribution is 5.56. The number of rotatable bonds is 5. The van der Waals surface area contributed by atoms with Crippen LogP contribution < -0.4 is 11.1 Å². The van der Waals surface area contributed by atoms with Crippen molar-refractivity contribution in [3.05, 3.63) is 33.9 Å². The van der Waals surface area contributed by atoms with Gasteiger partial charge in [-0.15, -0.1) is 0 Å². The van der Waals surface area contributed by atoms with Crippen molar-refractivity contribution >= 4 is 11.4 Å². The van der Waals surface area contributed by atoms with Crippen LogP contribution in [0.4, 0.5) is 11.4 Å². The van der Waals surface area contributed by atoms with Crippen LogP contribution in [0.5, 0.6) is 0 Å². The number of anilines is 1. The Kier molecular flexibility index (Phi) is 4.45. The lowest BCUT2D eigenvalue weighted by Gasteiger charge is -2.22. The molecule has 0 aromatic heterocycles. The molecule has 0 aliphatic rings. The van der Waals surface area contributed by atoms with Gasteiger partial charge in [0, 0.05) is 30.4 Å². The molecule has 0 spiro atoms. The van der Waals surface area contributed by atoms with Crippen LogP contribution in [0.15, 0.2) is 18.2 Å². The molecule has 17 heavy (non-hydrogen) atoms. The lowest BCUT2D eigenvalue weighted by Crippen LogP contribution is -2.33. The van der Waals surface area contributed by atoms with Gasteiger partial charge >= 0.3 is 0 Å². The van der Waals surface area contributed by atoms with Gasteiger partial charge < -0.3 is 11.1 Å². The van der Waals surface area contributed by atoms with E-state index in [1.165, 1.54) is 6.07 Å². The van der Waals surface area contributed by atoms with Crippen molar-refractivity contribution < 1.29 is 4.92 Å². The van der Waals surface area contributed by atoms with Crippen LogP contribution in [0.1, 0.15) is 19.4 Å². The third-order valence-electron chi connectivity index (χ3n) is 2.82. The first kappa shape index (κ1) is 13.4. The monoisotopic (exact) mass is 237 g/mol. The van der Waals surface area contributed by atoms with E-state index in [1.54, 1.807) is 12.1 Å². The maximum absolute atomic E-state index is 10.6. The molecule has 0 aliphatic carbocycles. The first-order valence-corrected chi connectivity index (χ1v) is 5.67. The summed E-state index contributed by atoms with van der Waals surface area (Å²) < 4.78 is 0. The summed E-state index contributed by atoms with van der Waals surface area (Å²) >= 11 is 0. The third kappa shape index (κ3) is 3.42. The molecule has 0 saturated heterocycles. The van der Waals surface area contributed by atoms with Crippen LogP contribution in [0.3, 0.4) is 0 Å². The summed E-state index contributed by atoms with van der Waals surface area (Å²) in [5.74, 6) is 0.412. The Morgan fingerprint density at radius 3 is 2.53 bits per heavy atom. The number of hydrogen-bond donors (Lipinski definition) is 2. The zero-order valence-electron chi connectivity index (χ0n) is 10.4. The minimum absolute atomic E-state index is 0.113. The summed E-state index contributed by atoms with van der Waals surface area (Å²) in [6.07, 6.45) is 0. The fourth-order valence-corrected chi connectivity index (χ4v) is 1.62. The molecule has 0 aliphatic heterocycles. The van der Waals surface area contributed by atoms with E-state index in [1.807, 2.05) is 6.92 Å². The van der Waals surface area contributed by atoms with Crippen molar-refractivity contribution in [1.82, 2.24) is 0 Å². The summed E-state index contributed by atoms with van der Waals surface area (Å²) in [6.45, 7) is 6.56. The highest BCUT2D eigenvalue weighted by atomic mass is 16.6. The summed E-state index contributed by atoms with van der Waals surface area (Å²) in [4.78, 5) is 10.2. The second kappa shape index (κ2) is 5.63. The molecule has 1 aromatic rings. The zero-order chi connectivity index (χ0) is 13.0. The van der Waals surface area contributed by atoms with Crippen molar-refractivity contribution in [2.45, 2.75) is 26.8 Å². The molecule has 0 amide bonds. The van der Waals surface area contributed by atoms with Gasteiger partial charge in [0.2, 0.25) is 0 Å². The molecule has 1 unspecified atom stereocenters. The number of nitro groups is 1. The Labute approximate surface area is 101 Å². The molecule has 3 N–H and O–H groups in total. The molecular weight excluding hydrogens is 218 g/mol. The first-order valence-electron chi connectivity index (χ1n) is 5.67. The number of hydrogen-bond acceptors (Lipinski definition) is 4. The van der Waals surface area contributed by atoms with Gasteiger partial charge in [-0.25, -0.2) is 0 Å². The Morgan fingerprint density at radius 2 is 2.12 bits per heavy atom. The summed E-state index contributed by atoms with van der Waals surface area (Å²) in [5, 5.41) is 13.9. The SMILES string of the molecule is Cc1cc([N+](=O)[O-])ccc1NC(CN)C(C)C. The van der Waals surface area contributed by atoms with Crippen molar-refractivity contribution in [2.75, 3.05) is 11.9 Å². The number of nitrogens with zero attached hydrogens (tertiary/aromatic N) is 1. The molecule has 0 heterocycles. The van der Waals surface area contributed by atoms with Gasteiger partial charge in [0.1, 0.15) is 0 Å². The van der Waals surface area contributed by atoms with Gasteiger partial charge in [-0.3, -0.25) is 10.1 Å². The van der Waals surface area contributed by atoms with Gasteiger partial charge in [0.25, 0.3) is 5.69 Å². The topological polar surface area (TPSA) is 81.2 Å². The molecule has 5 nitrogen and oxygen atoms in total. The molecule has 94 valence electrons. The molecule has 5 heteroatoms. The number of nitrogens with one attached hydrogen (secondary N) is 1. The zero-order valence-corrected chi connectivity index (χ0v) is 10.4. The van der Waals surface area contributed by atoms with E-state index in [9.17, 15) is 10.1 Å². The largest absolute Gasteiger partial charge is 0.381 e. The van der Waals surface area contributed by atoms with E-state index in [2.05, 4.69) is 19.2 Å². The molecule has 1 rings (SSSR count). The van der Waals surface area contributed by atoms with E-state index in [-0.39, 0.29) is 16.7 Å². The van der Waals surface area contributed by atoms with E-state index >= 15 is 0 Å². The maximum Gasteiger partial charge on any atom is 0.269 e. The average molecular weight is 237 g/mol. The predicted molar refractivity (Wildman–Crippen MR) is 69.1 cm³/mol. The fraction of sp³-hybridized carbons (Fsp3) is 0.500. The standard InChI is InChI=1S/C12H19N3O2/c1-8(2)12(7-13)14-11-5-4-10(15(16)17)6-9(11)3/h4-6,8,12,14H,7,13H2,1-3H3. The van der Waals surface area contributed by atoms with E-state index in [4.69, 9.17) is 5.73 Å². The second-order valence-corrected chi connectivity index (χ2v) is 4.49. The number of nitrogens with two attached hydrogens (primary N) is 1. The van der Waals surface area contributed by atoms with Gasteiger partial charge in [-0.05, 0) is 24.5 Å². The van der Waals surface area contributed by atoms with Crippen LogP contribution >= 0.6 is 0 Å². The van der Waals surface area contributed by atoms with E-state index < -0.39 is 0 Å². The molecule has 0 bridgehead atoms. The maximum atomic E-state index is 10.6. The van der Waals surface area contributed by atoms with Crippen LogP contribution in [0.2, 0.25) is 0 Å². The number of aryl methyl sites for hydroxylation is 1. The Morgan fingerprint density at radius 1 is 1.47 bits per heavy atom. The molecule has 1 aromatic carbocycles.